The van der Waals surface area contributed by atoms with Crippen LogP contribution >= 0.6 is 0 Å². The lowest BCUT2D eigenvalue weighted by Crippen LogP contribution is -2.47. The zero-order valence-electron chi connectivity index (χ0n) is 17.6. The van der Waals surface area contributed by atoms with E-state index < -0.39 is 17.4 Å². The van der Waals surface area contributed by atoms with E-state index in [2.05, 4.69) is 11.9 Å². The Labute approximate surface area is 177 Å². The average Bonchev–Trinajstić information content (AvgIpc) is 3.32. The van der Waals surface area contributed by atoms with Gasteiger partial charge in [-0.3, -0.25) is 9.59 Å². The number of ether oxygens (including phenoxy) is 2. The molecule has 3 fully saturated rings. The van der Waals surface area contributed by atoms with Crippen LogP contribution < -0.4 is 4.74 Å². The second-order valence-electron chi connectivity index (χ2n) is 8.93. The molecular formula is C23H29N3O4. The summed E-state index contributed by atoms with van der Waals surface area (Å²) in [4.78, 5) is 33.0. The molecule has 7 heteroatoms. The first-order valence-electron chi connectivity index (χ1n) is 10.8. The minimum atomic E-state index is -0.663. The lowest BCUT2D eigenvalue weighted by atomic mass is 9.76. The van der Waals surface area contributed by atoms with Gasteiger partial charge in [-0.15, -0.1) is 0 Å². The number of hydrogen-bond acceptors (Lipinski definition) is 5. The van der Waals surface area contributed by atoms with Crippen LogP contribution in [-0.2, 0) is 20.9 Å². The molecule has 5 rings (SSSR count). The van der Waals surface area contributed by atoms with Crippen LogP contribution in [0.2, 0.25) is 0 Å². The molecule has 2 unspecified atom stereocenters. The number of carbonyl (C=O) groups excluding carboxylic acids is 2. The topological polar surface area (TPSA) is 62.3 Å². The van der Waals surface area contributed by atoms with Crippen molar-refractivity contribution in [3.8, 4) is 5.75 Å². The summed E-state index contributed by atoms with van der Waals surface area (Å²) in [5.74, 6) is 0.0274. The van der Waals surface area contributed by atoms with Gasteiger partial charge in [0.25, 0.3) is 0 Å². The average molecular weight is 412 g/mol. The highest BCUT2D eigenvalue weighted by Crippen LogP contribution is 2.52. The van der Waals surface area contributed by atoms with Crippen molar-refractivity contribution < 1.29 is 19.1 Å². The molecule has 4 aliphatic rings. The highest BCUT2D eigenvalue weighted by atomic mass is 16.5. The van der Waals surface area contributed by atoms with Crippen LogP contribution in [0.1, 0.15) is 12.0 Å². The van der Waals surface area contributed by atoms with Gasteiger partial charge in [0.2, 0.25) is 11.8 Å². The van der Waals surface area contributed by atoms with E-state index in [1.165, 1.54) is 0 Å². The van der Waals surface area contributed by atoms with Gasteiger partial charge in [0, 0.05) is 26.2 Å². The molecule has 4 atom stereocenters. The Morgan fingerprint density at radius 2 is 2.13 bits per heavy atom. The van der Waals surface area contributed by atoms with Crippen molar-refractivity contribution in [2.24, 2.45) is 11.8 Å². The Kier molecular flexibility index (Phi) is 4.82. The van der Waals surface area contributed by atoms with Gasteiger partial charge in [0.05, 0.1) is 31.6 Å². The van der Waals surface area contributed by atoms with Gasteiger partial charge in [-0.2, -0.15) is 0 Å². The molecule has 4 heterocycles. The van der Waals surface area contributed by atoms with E-state index in [-0.39, 0.29) is 17.9 Å². The molecule has 30 heavy (non-hydrogen) atoms. The summed E-state index contributed by atoms with van der Waals surface area (Å²) < 4.78 is 11.6. The molecule has 0 radical (unpaired) electrons. The van der Waals surface area contributed by atoms with Gasteiger partial charge in [0.1, 0.15) is 11.4 Å². The molecule has 4 aliphatic heterocycles. The fourth-order valence-electron chi connectivity index (χ4n) is 5.46. The number of carbonyl (C=O) groups is 2. The number of methoxy groups -OCH3 is 1. The Bertz CT molecular complexity index is 887. The maximum atomic E-state index is 13.5. The Morgan fingerprint density at radius 3 is 2.97 bits per heavy atom. The van der Waals surface area contributed by atoms with E-state index in [9.17, 15) is 9.59 Å². The summed E-state index contributed by atoms with van der Waals surface area (Å²) in [5, 5.41) is 0. The molecular weight excluding hydrogens is 382 g/mol. The lowest BCUT2D eigenvalue weighted by Gasteiger charge is -2.29. The fraction of sp³-hybridized carbons (Fsp3) is 0.565. The zero-order valence-corrected chi connectivity index (χ0v) is 17.6. The van der Waals surface area contributed by atoms with Crippen LogP contribution in [-0.4, -0.2) is 85.1 Å². The largest absolute Gasteiger partial charge is 0.497 e. The molecule has 0 aromatic heterocycles. The number of nitrogens with zero attached hydrogens (tertiary/aromatic N) is 3. The van der Waals surface area contributed by atoms with Crippen LogP contribution in [0.15, 0.2) is 36.4 Å². The van der Waals surface area contributed by atoms with E-state index in [1.54, 1.807) is 7.11 Å². The van der Waals surface area contributed by atoms with Crippen LogP contribution in [0.4, 0.5) is 0 Å². The summed E-state index contributed by atoms with van der Waals surface area (Å²) in [6.07, 6.45) is 4.69. The number of fused-ring (bicyclic) bond motifs is 1. The number of hydrogen-bond donors (Lipinski definition) is 0. The van der Waals surface area contributed by atoms with Gasteiger partial charge in [-0.1, -0.05) is 24.3 Å². The van der Waals surface area contributed by atoms with E-state index in [0.717, 1.165) is 37.4 Å². The first-order chi connectivity index (χ1) is 14.5. The molecule has 1 aromatic carbocycles. The third kappa shape index (κ3) is 3.11. The molecule has 7 nitrogen and oxygen atoms in total. The molecule has 1 aromatic rings. The van der Waals surface area contributed by atoms with Gasteiger partial charge >= 0.3 is 0 Å². The lowest BCUT2D eigenvalue weighted by molar-refractivity contribution is -0.143. The quantitative estimate of drug-likeness (QED) is 0.696. The highest BCUT2D eigenvalue weighted by molar-refractivity contribution is 5.93. The summed E-state index contributed by atoms with van der Waals surface area (Å²) in [6, 6.07) is 7.76. The molecule has 2 bridgehead atoms. The van der Waals surface area contributed by atoms with Crippen molar-refractivity contribution in [3.63, 3.8) is 0 Å². The van der Waals surface area contributed by atoms with E-state index >= 15 is 0 Å². The van der Waals surface area contributed by atoms with Crippen molar-refractivity contribution in [2.75, 3.05) is 46.9 Å². The molecule has 0 saturated carbocycles. The van der Waals surface area contributed by atoms with Crippen molar-refractivity contribution in [3.05, 3.63) is 42.0 Å². The maximum absolute atomic E-state index is 13.5. The van der Waals surface area contributed by atoms with E-state index in [0.29, 0.717) is 19.6 Å². The smallest absolute Gasteiger partial charge is 0.230 e. The molecule has 160 valence electrons. The first kappa shape index (κ1) is 19.6. The van der Waals surface area contributed by atoms with Crippen molar-refractivity contribution in [1.82, 2.24) is 14.7 Å². The highest BCUT2D eigenvalue weighted by Gasteiger charge is 2.67. The Hall–Kier alpha value is -2.38. The minimum Gasteiger partial charge on any atom is -0.497 e. The molecule has 0 aliphatic carbocycles. The molecule has 1 spiro atoms. The second-order valence-corrected chi connectivity index (χ2v) is 8.93. The normalized spacial score (nSPS) is 33.1. The fourth-order valence-corrected chi connectivity index (χ4v) is 5.46. The summed E-state index contributed by atoms with van der Waals surface area (Å²) >= 11 is 0. The van der Waals surface area contributed by atoms with Crippen molar-refractivity contribution in [2.45, 2.75) is 24.7 Å². The number of benzene rings is 1. The van der Waals surface area contributed by atoms with Crippen LogP contribution in [0, 0.1) is 11.8 Å². The standard InChI is InChI=1S/C23H29N3O4/c1-24-9-4-10-25(12-11-24)21(27)19-18-7-8-23(30-18)15-26(22(28)20(19)23)14-16-5-3-6-17(13-16)29-2/h3,5-8,13,18-20H,4,9-12,14-15H2,1-2H3/t18-,19?,20?,23-/m0/s1. The predicted molar refractivity (Wildman–Crippen MR) is 111 cm³/mol. The number of amides is 2. The summed E-state index contributed by atoms with van der Waals surface area (Å²) in [6.45, 7) is 4.31. The van der Waals surface area contributed by atoms with Crippen LogP contribution in [0.5, 0.6) is 5.75 Å². The number of likely N-dealkylation sites (tertiary alicyclic amines) is 1. The monoisotopic (exact) mass is 411 g/mol. The molecule has 3 saturated heterocycles. The summed E-state index contributed by atoms with van der Waals surface area (Å²) in [5.41, 5.74) is 0.347. The second kappa shape index (κ2) is 7.39. The minimum absolute atomic E-state index is 0.0231. The van der Waals surface area contributed by atoms with Crippen LogP contribution in [0.25, 0.3) is 0 Å². The van der Waals surface area contributed by atoms with Gasteiger partial charge in [-0.05, 0) is 37.7 Å². The van der Waals surface area contributed by atoms with Gasteiger partial charge in [-0.25, -0.2) is 0 Å². The summed E-state index contributed by atoms with van der Waals surface area (Å²) in [7, 11) is 3.72. The zero-order chi connectivity index (χ0) is 20.9. The third-order valence-corrected chi connectivity index (χ3v) is 7.00. The van der Waals surface area contributed by atoms with E-state index in [4.69, 9.17) is 9.47 Å². The Morgan fingerprint density at radius 1 is 1.27 bits per heavy atom. The SMILES string of the molecule is COc1cccc(CN2C[C@]34C=C[C@H](O3)C(C(=O)N3CCCN(C)CC3)C4C2=O)c1. The van der Waals surface area contributed by atoms with E-state index in [1.807, 2.05) is 46.2 Å². The Balaban J connectivity index is 1.36. The molecule has 0 N–H and O–H groups in total. The van der Waals surface area contributed by atoms with Crippen molar-refractivity contribution in [1.29, 1.82) is 0 Å². The maximum Gasteiger partial charge on any atom is 0.230 e. The molecule has 2 amide bonds. The van der Waals surface area contributed by atoms with Gasteiger partial charge in [0.15, 0.2) is 0 Å². The first-order valence-corrected chi connectivity index (χ1v) is 10.8. The predicted octanol–water partition coefficient (Wildman–Crippen LogP) is 1.14. The van der Waals surface area contributed by atoms with Gasteiger partial charge < -0.3 is 24.2 Å². The van der Waals surface area contributed by atoms with Crippen molar-refractivity contribution >= 4 is 11.8 Å². The van der Waals surface area contributed by atoms with Crippen LogP contribution in [0.3, 0.4) is 0 Å². The number of likely N-dealkylation sites (N-methyl/N-ethyl adjacent to an activating group) is 1. The third-order valence-electron chi connectivity index (χ3n) is 7.00. The number of rotatable bonds is 4.